The van der Waals surface area contributed by atoms with Crippen LogP contribution in [0.3, 0.4) is 0 Å². The number of fused-ring (bicyclic) bond motifs is 1. The lowest BCUT2D eigenvalue weighted by Gasteiger charge is -2.20. The summed E-state index contributed by atoms with van der Waals surface area (Å²) in [6, 6.07) is 17.7. The summed E-state index contributed by atoms with van der Waals surface area (Å²) in [5, 5.41) is 6.17. The van der Waals surface area contributed by atoms with Crippen molar-refractivity contribution in [3.05, 3.63) is 88.1 Å². The van der Waals surface area contributed by atoms with Crippen LogP contribution in [0.15, 0.2) is 66.4 Å². The molecule has 2 amide bonds. The summed E-state index contributed by atoms with van der Waals surface area (Å²) in [4.78, 5) is 25.1. The standard InChI is InChI=1S/C26H23ClN2O5/c1-32-22-9-7-16(13-23(22)33-2)11-12-28-25(30)18-8-10-21-20(14-18)29-26(31)24(34-21)15-17-5-3-4-6-19(17)27/h3-10,13-15H,11-12H2,1-2H3,(H,28,30)(H,29,31)/b24-15-. The molecule has 174 valence electrons. The second kappa shape index (κ2) is 10.3. The van der Waals surface area contributed by atoms with E-state index in [9.17, 15) is 9.59 Å². The van der Waals surface area contributed by atoms with Crippen LogP contribution in [0.25, 0.3) is 6.08 Å². The maximum Gasteiger partial charge on any atom is 0.291 e. The molecule has 0 bridgehead atoms. The first-order valence-electron chi connectivity index (χ1n) is 10.6. The Morgan fingerprint density at radius 1 is 1.06 bits per heavy atom. The minimum atomic E-state index is -0.418. The van der Waals surface area contributed by atoms with Gasteiger partial charge < -0.3 is 24.8 Å². The normalized spacial score (nSPS) is 13.5. The van der Waals surface area contributed by atoms with Crippen LogP contribution in [0, 0.1) is 0 Å². The molecule has 1 aliphatic heterocycles. The van der Waals surface area contributed by atoms with Crippen LogP contribution in [-0.2, 0) is 11.2 Å². The number of ether oxygens (including phenoxy) is 3. The number of benzene rings is 3. The average molecular weight is 479 g/mol. The van der Waals surface area contributed by atoms with Crippen LogP contribution in [0.4, 0.5) is 5.69 Å². The molecule has 0 radical (unpaired) electrons. The summed E-state index contributed by atoms with van der Waals surface area (Å²) in [7, 11) is 3.16. The van der Waals surface area contributed by atoms with Gasteiger partial charge in [-0.05, 0) is 60.0 Å². The molecule has 0 saturated heterocycles. The van der Waals surface area contributed by atoms with Crippen LogP contribution in [0.5, 0.6) is 17.2 Å². The zero-order valence-corrected chi connectivity index (χ0v) is 19.4. The van der Waals surface area contributed by atoms with Crippen molar-refractivity contribution in [3.8, 4) is 17.2 Å². The van der Waals surface area contributed by atoms with E-state index in [1.165, 1.54) is 0 Å². The lowest BCUT2D eigenvalue weighted by molar-refractivity contribution is -0.115. The van der Waals surface area contributed by atoms with Crippen molar-refractivity contribution in [2.45, 2.75) is 6.42 Å². The highest BCUT2D eigenvalue weighted by atomic mass is 35.5. The van der Waals surface area contributed by atoms with Crippen molar-refractivity contribution in [2.75, 3.05) is 26.1 Å². The molecule has 0 spiro atoms. The van der Waals surface area contributed by atoms with E-state index < -0.39 is 5.91 Å². The molecule has 0 unspecified atom stereocenters. The van der Waals surface area contributed by atoms with Gasteiger partial charge in [-0.2, -0.15) is 0 Å². The first kappa shape index (κ1) is 23.2. The van der Waals surface area contributed by atoms with E-state index >= 15 is 0 Å². The lowest BCUT2D eigenvalue weighted by atomic mass is 10.1. The predicted molar refractivity (Wildman–Crippen MR) is 131 cm³/mol. The van der Waals surface area contributed by atoms with E-state index in [2.05, 4.69) is 10.6 Å². The van der Waals surface area contributed by atoms with Gasteiger partial charge in [-0.3, -0.25) is 9.59 Å². The number of methoxy groups -OCH3 is 2. The second-order valence-corrected chi connectivity index (χ2v) is 7.90. The molecule has 4 rings (SSSR count). The Balaban J connectivity index is 1.40. The molecular weight excluding hydrogens is 456 g/mol. The van der Waals surface area contributed by atoms with Crippen LogP contribution < -0.4 is 24.8 Å². The SMILES string of the molecule is COc1ccc(CCNC(=O)c2ccc3c(c2)NC(=O)/C(=C/c2ccccc2Cl)O3)cc1OC. The van der Waals surface area contributed by atoms with E-state index in [4.69, 9.17) is 25.8 Å². The second-order valence-electron chi connectivity index (χ2n) is 7.49. The molecule has 0 atom stereocenters. The first-order chi connectivity index (χ1) is 16.5. The number of carbonyl (C=O) groups excluding carboxylic acids is 2. The summed E-state index contributed by atoms with van der Waals surface area (Å²) in [6.07, 6.45) is 2.20. The third-order valence-electron chi connectivity index (χ3n) is 5.27. The Labute approximate surface area is 202 Å². The van der Waals surface area contributed by atoms with Crippen molar-refractivity contribution in [3.63, 3.8) is 0 Å². The highest BCUT2D eigenvalue weighted by molar-refractivity contribution is 6.32. The molecule has 2 N–H and O–H groups in total. The molecule has 34 heavy (non-hydrogen) atoms. The van der Waals surface area contributed by atoms with Crippen molar-refractivity contribution >= 4 is 35.2 Å². The summed E-state index contributed by atoms with van der Waals surface area (Å²) in [6.45, 7) is 0.430. The molecular formula is C26H23ClN2O5. The van der Waals surface area contributed by atoms with Crippen molar-refractivity contribution in [2.24, 2.45) is 0 Å². The summed E-state index contributed by atoms with van der Waals surface area (Å²) < 4.78 is 16.3. The quantitative estimate of drug-likeness (QED) is 0.481. The molecule has 0 aromatic heterocycles. The van der Waals surface area contributed by atoms with Gasteiger partial charge in [0.15, 0.2) is 23.0 Å². The number of hydrogen-bond acceptors (Lipinski definition) is 5. The van der Waals surface area contributed by atoms with Gasteiger partial charge in [-0.25, -0.2) is 0 Å². The topological polar surface area (TPSA) is 85.9 Å². The fraction of sp³-hybridized carbons (Fsp3) is 0.154. The third-order valence-corrected chi connectivity index (χ3v) is 5.62. The van der Waals surface area contributed by atoms with Gasteiger partial charge >= 0.3 is 0 Å². The maximum atomic E-state index is 12.6. The molecule has 0 saturated carbocycles. The van der Waals surface area contributed by atoms with Crippen LogP contribution in [0.2, 0.25) is 5.02 Å². The number of halogens is 1. The molecule has 7 nitrogen and oxygen atoms in total. The zero-order valence-electron chi connectivity index (χ0n) is 18.7. The van der Waals surface area contributed by atoms with Gasteiger partial charge in [-0.15, -0.1) is 0 Å². The van der Waals surface area contributed by atoms with E-state index in [-0.39, 0.29) is 11.7 Å². The third kappa shape index (κ3) is 5.15. The Morgan fingerprint density at radius 2 is 1.85 bits per heavy atom. The smallest absolute Gasteiger partial charge is 0.291 e. The largest absolute Gasteiger partial charge is 0.493 e. The maximum absolute atomic E-state index is 12.6. The molecule has 1 heterocycles. The van der Waals surface area contributed by atoms with Gasteiger partial charge in [0.25, 0.3) is 11.8 Å². The average Bonchev–Trinajstić information content (AvgIpc) is 2.85. The molecule has 8 heteroatoms. The Kier molecular flexibility index (Phi) is 7.04. The van der Waals surface area contributed by atoms with E-state index in [0.29, 0.717) is 52.1 Å². The first-order valence-corrected chi connectivity index (χ1v) is 10.9. The van der Waals surface area contributed by atoms with Crippen LogP contribution in [0.1, 0.15) is 21.5 Å². The Bertz CT molecular complexity index is 1270. The van der Waals surface area contributed by atoms with Gasteiger partial charge in [-0.1, -0.05) is 35.9 Å². The number of hydrogen-bond donors (Lipinski definition) is 2. The number of nitrogens with one attached hydrogen (secondary N) is 2. The van der Waals surface area contributed by atoms with E-state index in [1.807, 2.05) is 30.3 Å². The minimum absolute atomic E-state index is 0.118. The molecule has 0 fully saturated rings. The van der Waals surface area contributed by atoms with E-state index in [1.54, 1.807) is 50.6 Å². The van der Waals surface area contributed by atoms with Gasteiger partial charge in [0.05, 0.1) is 19.9 Å². The molecule has 0 aliphatic carbocycles. The number of anilines is 1. The van der Waals surface area contributed by atoms with Crippen molar-refractivity contribution in [1.82, 2.24) is 5.32 Å². The minimum Gasteiger partial charge on any atom is -0.493 e. The Hall–Kier alpha value is -3.97. The molecule has 3 aromatic carbocycles. The van der Waals surface area contributed by atoms with Crippen molar-refractivity contribution < 1.29 is 23.8 Å². The lowest BCUT2D eigenvalue weighted by Crippen LogP contribution is -2.27. The number of rotatable bonds is 7. The fourth-order valence-electron chi connectivity index (χ4n) is 3.49. The monoisotopic (exact) mass is 478 g/mol. The van der Waals surface area contributed by atoms with Gasteiger partial charge in [0.2, 0.25) is 0 Å². The highest BCUT2D eigenvalue weighted by Gasteiger charge is 2.23. The molecule has 3 aromatic rings. The summed E-state index contributed by atoms with van der Waals surface area (Å²) in [5.41, 5.74) is 2.51. The predicted octanol–water partition coefficient (Wildman–Crippen LogP) is 4.70. The highest BCUT2D eigenvalue weighted by Crippen LogP contribution is 2.33. The van der Waals surface area contributed by atoms with Gasteiger partial charge in [0.1, 0.15) is 0 Å². The molecule has 1 aliphatic rings. The van der Waals surface area contributed by atoms with Crippen LogP contribution >= 0.6 is 11.6 Å². The number of carbonyl (C=O) groups is 2. The Morgan fingerprint density at radius 3 is 2.62 bits per heavy atom. The fourth-order valence-corrected chi connectivity index (χ4v) is 3.68. The van der Waals surface area contributed by atoms with E-state index in [0.717, 1.165) is 5.56 Å². The summed E-state index contributed by atoms with van der Waals surface area (Å²) >= 11 is 6.17. The summed E-state index contributed by atoms with van der Waals surface area (Å²) in [5.74, 6) is 1.18. The van der Waals surface area contributed by atoms with Crippen LogP contribution in [-0.4, -0.2) is 32.6 Å². The zero-order chi connectivity index (χ0) is 24.1. The van der Waals surface area contributed by atoms with Gasteiger partial charge in [0, 0.05) is 17.1 Å². The number of amides is 2. The van der Waals surface area contributed by atoms with Crippen molar-refractivity contribution in [1.29, 1.82) is 0 Å².